The highest BCUT2D eigenvalue weighted by Gasteiger charge is 2.03. The lowest BCUT2D eigenvalue weighted by Crippen LogP contribution is -2.07. The van der Waals surface area contributed by atoms with E-state index in [-0.39, 0.29) is 5.97 Å². The normalized spacial score (nSPS) is 9.86. The molecule has 2 nitrogen and oxygen atoms in total. The molecule has 0 aliphatic rings. The van der Waals surface area contributed by atoms with E-state index < -0.39 is 0 Å². The first-order chi connectivity index (χ1) is 6.72. The molecule has 0 bridgehead atoms. The van der Waals surface area contributed by atoms with Crippen molar-refractivity contribution in [2.75, 3.05) is 0 Å². The van der Waals surface area contributed by atoms with Crippen molar-refractivity contribution >= 4 is 28.6 Å². The molecule has 0 N–H and O–H groups in total. The van der Waals surface area contributed by atoms with Crippen molar-refractivity contribution in [2.45, 2.75) is 26.2 Å². The van der Waals surface area contributed by atoms with Crippen LogP contribution in [0.1, 0.15) is 26.2 Å². The predicted octanol–water partition coefficient (Wildman–Crippen LogP) is 3.39. The van der Waals surface area contributed by atoms with Crippen LogP contribution in [0.5, 0.6) is 5.75 Å². The number of benzene rings is 1. The van der Waals surface area contributed by atoms with Crippen LogP contribution < -0.4 is 4.74 Å². The molecule has 0 aliphatic carbocycles. The zero-order valence-electron chi connectivity index (χ0n) is 8.13. The van der Waals surface area contributed by atoms with Crippen LogP contribution in [-0.2, 0) is 4.79 Å². The van der Waals surface area contributed by atoms with Crippen LogP contribution in [0, 0.1) is 3.57 Å². The molecule has 14 heavy (non-hydrogen) atoms. The summed E-state index contributed by atoms with van der Waals surface area (Å²) in [5, 5.41) is 0. The molecule has 0 aromatic heterocycles. The van der Waals surface area contributed by atoms with Crippen LogP contribution in [0.2, 0.25) is 0 Å². The number of hydrogen-bond donors (Lipinski definition) is 0. The maximum atomic E-state index is 11.2. The zero-order chi connectivity index (χ0) is 10.4. The molecule has 0 amide bonds. The highest BCUT2D eigenvalue weighted by Crippen LogP contribution is 2.14. The summed E-state index contributed by atoms with van der Waals surface area (Å²) in [4.78, 5) is 11.2. The molecule has 76 valence electrons. The third-order valence-electron chi connectivity index (χ3n) is 1.78. The van der Waals surface area contributed by atoms with Gasteiger partial charge < -0.3 is 4.74 Å². The fourth-order valence-corrected chi connectivity index (χ4v) is 1.37. The smallest absolute Gasteiger partial charge is 0.311 e. The number of hydrogen-bond acceptors (Lipinski definition) is 2. The van der Waals surface area contributed by atoms with Crippen molar-refractivity contribution in [1.82, 2.24) is 0 Å². The number of halogens is 1. The molecular formula is C11H13IO2. The van der Waals surface area contributed by atoms with E-state index in [1.54, 1.807) is 0 Å². The Morgan fingerprint density at radius 1 is 1.36 bits per heavy atom. The van der Waals surface area contributed by atoms with E-state index in [0.29, 0.717) is 12.2 Å². The molecular weight excluding hydrogens is 291 g/mol. The van der Waals surface area contributed by atoms with Gasteiger partial charge in [0.05, 0.1) is 0 Å². The van der Waals surface area contributed by atoms with Crippen molar-refractivity contribution < 1.29 is 9.53 Å². The predicted molar refractivity (Wildman–Crippen MR) is 64.3 cm³/mol. The Morgan fingerprint density at radius 3 is 2.57 bits per heavy atom. The number of carbonyl (C=O) groups excluding carboxylic acids is 1. The fourth-order valence-electron chi connectivity index (χ4n) is 1.01. The van der Waals surface area contributed by atoms with Gasteiger partial charge in [0.2, 0.25) is 0 Å². The van der Waals surface area contributed by atoms with E-state index in [9.17, 15) is 4.79 Å². The van der Waals surface area contributed by atoms with Gasteiger partial charge in [-0.25, -0.2) is 0 Å². The summed E-state index contributed by atoms with van der Waals surface area (Å²) in [5.74, 6) is 0.486. The first-order valence-corrected chi connectivity index (χ1v) is 5.76. The fraction of sp³-hybridized carbons (Fsp3) is 0.364. The van der Waals surface area contributed by atoms with Crippen molar-refractivity contribution in [3.8, 4) is 5.75 Å². The Balaban J connectivity index is 2.44. The molecule has 3 heteroatoms. The summed E-state index contributed by atoms with van der Waals surface area (Å²) >= 11 is 2.21. The SMILES string of the molecule is CCCCC(=O)Oc1ccc(I)cc1. The van der Waals surface area contributed by atoms with E-state index in [1.807, 2.05) is 24.3 Å². The van der Waals surface area contributed by atoms with Crippen LogP contribution in [0.25, 0.3) is 0 Å². The third kappa shape index (κ3) is 4.09. The third-order valence-corrected chi connectivity index (χ3v) is 2.50. The number of carbonyl (C=O) groups is 1. The number of esters is 1. The highest BCUT2D eigenvalue weighted by molar-refractivity contribution is 14.1. The molecule has 0 fully saturated rings. The van der Waals surface area contributed by atoms with Gasteiger partial charge in [-0.1, -0.05) is 13.3 Å². The van der Waals surface area contributed by atoms with Gasteiger partial charge in [-0.05, 0) is 53.3 Å². The maximum Gasteiger partial charge on any atom is 0.311 e. The summed E-state index contributed by atoms with van der Waals surface area (Å²) in [7, 11) is 0. The second kappa shape index (κ2) is 6.01. The van der Waals surface area contributed by atoms with Gasteiger partial charge in [-0.2, -0.15) is 0 Å². The average Bonchev–Trinajstić information content (AvgIpc) is 2.18. The van der Waals surface area contributed by atoms with Gasteiger partial charge in [-0.3, -0.25) is 4.79 Å². The van der Waals surface area contributed by atoms with Crippen molar-refractivity contribution in [2.24, 2.45) is 0 Å². The zero-order valence-corrected chi connectivity index (χ0v) is 10.3. The minimum Gasteiger partial charge on any atom is -0.427 e. The first kappa shape index (κ1) is 11.5. The summed E-state index contributed by atoms with van der Waals surface area (Å²) in [6.45, 7) is 2.05. The summed E-state index contributed by atoms with van der Waals surface area (Å²) < 4.78 is 6.26. The van der Waals surface area contributed by atoms with E-state index in [4.69, 9.17) is 4.74 Å². The van der Waals surface area contributed by atoms with E-state index in [2.05, 4.69) is 29.5 Å². The van der Waals surface area contributed by atoms with Crippen molar-refractivity contribution in [3.63, 3.8) is 0 Å². The second-order valence-electron chi connectivity index (χ2n) is 3.03. The average molecular weight is 304 g/mol. The molecule has 0 atom stereocenters. The largest absolute Gasteiger partial charge is 0.427 e. The Labute approximate surface area is 97.8 Å². The van der Waals surface area contributed by atoms with Crippen LogP contribution in [-0.4, -0.2) is 5.97 Å². The Bertz CT molecular complexity index is 293. The number of unbranched alkanes of at least 4 members (excludes halogenated alkanes) is 1. The summed E-state index contributed by atoms with van der Waals surface area (Å²) in [6.07, 6.45) is 2.41. The standard InChI is InChI=1S/C11H13IO2/c1-2-3-4-11(13)14-10-7-5-9(12)6-8-10/h5-8H,2-4H2,1H3. The van der Waals surface area contributed by atoms with Gasteiger partial charge in [-0.15, -0.1) is 0 Å². The number of ether oxygens (including phenoxy) is 1. The molecule has 0 heterocycles. The van der Waals surface area contributed by atoms with E-state index >= 15 is 0 Å². The summed E-state index contributed by atoms with van der Waals surface area (Å²) in [5.41, 5.74) is 0. The summed E-state index contributed by atoms with van der Waals surface area (Å²) in [6, 6.07) is 7.46. The van der Waals surface area contributed by atoms with E-state index in [0.717, 1.165) is 16.4 Å². The van der Waals surface area contributed by atoms with Crippen LogP contribution in [0.15, 0.2) is 24.3 Å². The molecule has 0 spiro atoms. The van der Waals surface area contributed by atoms with Crippen LogP contribution in [0.3, 0.4) is 0 Å². The molecule has 0 unspecified atom stereocenters. The van der Waals surface area contributed by atoms with Gasteiger partial charge in [0.25, 0.3) is 0 Å². The molecule has 0 saturated carbocycles. The van der Waals surface area contributed by atoms with E-state index in [1.165, 1.54) is 0 Å². The minimum absolute atomic E-state index is 0.145. The van der Waals surface area contributed by atoms with Gasteiger partial charge in [0, 0.05) is 9.99 Å². The molecule has 0 aliphatic heterocycles. The van der Waals surface area contributed by atoms with Crippen molar-refractivity contribution in [3.05, 3.63) is 27.8 Å². The van der Waals surface area contributed by atoms with Gasteiger partial charge in [0.1, 0.15) is 5.75 Å². The quantitative estimate of drug-likeness (QED) is 0.484. The Hall–Kier alpha value is -0.580. The molecule has 1 rings (SSSR count). The van der Waals surface area contributed by atoms with Crippen LogP contribution >= 0.6 is 22.6 Å². The van der Waals surface area contributed by atoms with Crippen LogP contribution in [0.4, 0.5) is 0 Å². The molecule has 0 saturated heterocycles. The lowest BCUT2D eigenvalue weighted by atomic mass is 10.2. The van der Waals surface area contributed by atoms with Crippen molar-refractivity contribution in [1.29, 1.82) is 0 Å². The molecule has 0 radical (unpaired) electrons. The molecule has 1 aromatic rings. The Morgan fingerprint density at radius 2 is 2.00 bits per heavy atom. The highest BCUT2D eigenvalue weighted by atomic mass is 127. The van der Waals surface area contributed by atoms with Gasteiger partial charge >= 0.3 is 5.97 Å². The number of rotatable bonds is 4. The molecule has 1 aromatic carbocycles. The topological polar surface area (TPSA) is 26.3 Å². The Kier molecular flexibility index (Phi) is 4.93. The second-order valence-corrected chi connectivity index (χ2v) is 4.28. The lowest BCUT2D eigenvalue weighted by Gasteiger charge is -2.03. The lowest BCUT2D eigenvalue weighted by molar-refractivity contribution is -0.134. The first-order valence-electron chi connectivity index (χ1n) is 4.68. The van der Waals surface area contributed by atoms with Gasteiger partial charge in [0.15, 0.2) is 0 Å². The minimum atomic E-state index is -0.145. The monoisotopic (exact) mass is 304 g/mol. The maximum absolute atomic E-state index is 11.2.